The summed E-state index contributed by atoms with van der Waals surface area (Å²) in [6, 6.07) is 20.6. The quantitative estimate of drug-likeness (QED) is 0.221. The van der Waals surface area contributed by atoms with Gasteiger partial charge in [-0.05, 0) is 73.4 Å². The summed E-state index contributed by atoms with van der Waals surface area (Å²) in [7, 11) is 1.59. The number of hydrogen-bond donors (Lipinski definition) is 1. The van der Waals surface area contributed by atoms with E-state index in [0.717, 1.165) is 33.3 Å². The van der Waals surface area contributed by atoms with Gasteiger partial charge in [-0.1, -0.05) is 43.3 Å². The van der Waals surface area contributed by atoms with Gasteiger partial charge in [-0.25, -0.2) is 4.79 Å². The zero-order valence-electron chi connectivity index (χ0n) is 23.1. The van der Waals surface area contributed by atoms with Gasteiger partial charge in [-0.15, -0.1) is 0 Å². The molecule has 0 spiro atoms. The summed E-state index contributed by atoms with van der Waals surface area (Å²) in [5.74, 6) is -0.358. The number of ether oxygens (including phenoxy) is 2. The molecule has 0 radical (unpaired) electrons. The van der Waals surface area contributed by atoms with Crippen LogP contribution in [0.2, 0.25) is 0 Å². The average molecular weight is 537 g/mol. The van der Waals surface area contributed by atoms with Crippen molar-refractivity contribution in [1.29, 1.82) is 5.26 Å². The van der Waals surface area contributed by atoms with Crippen LogP contribution in [0.3, 0.4) is 0 Å². The molecule has 0 amide bonds. The highest BCUT2D eigenvalue weighted by atomic mass is 16.5. The van der Waals surface area contributed by atoms with Crippen molar-refractivity contribution in [1.82, 2.24) is 4.57 Å². The van der Waals surface area contributed by atoms with E-state index >= 15 is 0 Å². The van der Waals surface area contributed by atoms with Crippen LogP contribution in [0, 0.1) is 25.2 Å². The molecule has 40 heavy (non-hydrogen) atoms. The van der Waals surface area contributed by atoms with Gasteiger partial charge in [0, 0.05) is 23.2 Å². The Bertz CT molecular complexity index is 1620. The number of fused-ring (bicyclic) bond motifs is 1. The van der Waals surface area contributed by atoms with Crippen molar-refractivity contribution < 1.29 is 24.2 Å². The number of carboxylic acid groups (broad SMARTS) is 1. The fraction of sp³-hybridized carbons (Fsp3) is 0.242. The number of methoxy groups -OCH3 is 1. The standard InChI is InChI=1S/C33H32N2O5/c1-5-30(33(37)38)40-20-26-10-8-23(17-21(26)2)7-6-16-35-22(3)31(28-15-9-24(19-34)18-29(28)35)32(36)25-11-13-27(39-4)14-12-25/h6-15,17-18,30H,5,16,20H2,1-4H3,(H,37,38)/t30-/m0/s1. The number of rotatable bonds is 11. The molecule has 7 heteroatoms. The highest BCUT2D eigenvalue weighted by Crippen LogP contribution is 2.30. The minimum atomic E-state index is -0.955. The minimum absolute atomic E-state index is 0.0840. The van der Waals surface area contributed by atoms with Gasteiger partial charge in [-0.3, -0.25) is 4.79 Å². The zero-order valence-corrected chi connectivity index (χ0v) is 23.1. The smallest absolute Gasteiger partial charge is 0.332 e. The molecule has 1 N–H and O–H groups in total. The van der Waals surface area contributed by atoms with Gasteiger partial charge < -0.3 is 19.1 Å². The van der Waals surface area contributed by atoms with E-state index in [2.05, 4.69) is 10.6 Å². The number of carbonyl (C=O) groups is 2. The molecule has 204 valence electrons. The number of nitriles is 1. The summed E-state index contributed by atoms with van der Waals surface area (Å²) in [5, 5.41) is 19.5. The molecule has 0 bridgehead atoms. The third-order valence-electron chi connectivity index (χ3n) is 7.08. The van der Waals surface area contributed by atoms with Crippen LogP contribution in [-0.2, 0) is 22.7 Å². The van der Waals surface area contributed by atoms with Crippen molar-refractivity contribution in [3.8, 4) is 11.8 Å². The molecule has 1 aromatic heterocycles. The summed E-state index contributed by atoms with van der Waals surface area (Å²) in [5.41, 5.74) is 6.30. The normalized spacial score (nSPS) is 12.0. The van der Waals surface area contributed by atoms with E-state index in [0.29, 0.717) is 35.4 Å². The lowest BCUT2D eigenvalue weighted by Gasteiger charge is -2.13. The number of ketones is 1. The van der Waals surface area contributed by atoms with E-state index in [4.69, 9.17) is 9.47 Å². The van der Waals surface area contributed by atoms with Crippen molar-refractivity contribution in [3.63, 3.8) is 0 Å². The molecule has 0 fully saturated rings. The van der Waals surface area contributed by atoms with Gasteiger partial charge in [0.05, 0.1) is 36.4 Å². The van der Waals surface area contributed by atoms with Gasteiger partial charge >= 0.3 is 5.97 Å². The molecule has 0 aliphatic carbocycles. The Labute approximate surface area is 233 Å². The first-order valence-electron chi connectivity index (χ1n) is 13.1. The molecule has 7 nitrogen and oxygen atoms in total. The molecule has 1 atom stereocenters. The Balaban J connectivity index is 1.60. The number of carbonyl (C=O) groups excluding carboxylic acids is 1. The number of carboxylic acids is 1. The molecule has 0 unspecified atom stereocenters. The highest BCUT2D eigenvalue weighted by Gasteiger charge is 2.21. The first kappa shape index (κ1) is 28.3. The van der Waals surface area contributed by atoms with E-state index < -0.39 is 12.1 Å². The van der Waals surface area contributed by atoms with Gasteiger partial charge in [0.1, 0.15) is 5.75 Å². The van der Waals surface area contributed by atoms with Gasteiger partial charge in [-0.2, -0.15) is 5.26 Å². The SMILES string of the molecule is CC[C@H](OCc1ccc(C=CCn2c(C)c(C(=O)c3ccc(OC)cc3)c3ccc(C#N)cc32)cc1C)C(=O)O. The van der Waals surface area contributed by atoms with Crippen molar-refractivity contribution in [2.45, 2.75) is 46.4 Å². The van der Waals surface area contributed by atoms with E-state index in [1.807, 2.05) is 56.3 Å². The number of aliphatic carboxylic acids is 1. The zero-order chi connectivity index (χ0) is 28.8. The van der Waals surface area contributed by atoms with Crippen LogP contribution in [-0.4, -0.2) is 34.6 Å². The predicted molar refractivity (Wildman–Crippen MR) is 155 cm³/mol. The lowest BCUT2D eigenvalue weighted by Crippen LogP contribution is -2.22. The molecule has 0 saturated heterocycles. The first-order chi connectivity index (χ1) is 19.3. The Morgan fingerprint density at radius 2 is 1.82 bits per heavy atom. The van der Waals surface area contributed by atoms with Crippen LogP contribution >= 0.6 is 0 Å². The second-order valence-electron chi connectivity index (χ2n) is 9.61. The summed E-state index contributed by atoms with van der Waals surface area (Å²) in [6.45, 7) is 6.43. The van der Waals surface area contributed by atoms with Crippen molar-refractivity contribution in [3.05, 3.63) is 106 Å². The maximum absolute atomic E-state index is 13.6. The van der Waals surface area contributed by atoms with Crippen molar-refractivity contribution in [2.24, 2.45) is 0 Å². The molecule has 3 aromatic carbocycles. The predicted octanol–water partition coefficient (Wildman–Crippen LogP) is 6.46. The topological polar surface area (TPSA) is 102 Å². The third-order valence-corrected chi connectivity index (χ3v) is 7.08. The number of allylic oxidation sites excluding steroid dienone is 1. The largest absolute Gasteiger partial charge is 0.497 e. The van der Waals surface area contributed by atoms with E-state index in [-0.39, 0.29) is 12.4 Å². The average Bonchev–Trinajstić information content (AvgIpc) is 3.23. The number of nitrogens with zero attached hydrogens (tertiary/aromatic N) is 2. The van der Waals surface area contributed by atoms with Crippen LogP contribution in [0.15, 0.2) is 66.7 Å². The molecule has 0 aliphatic heterocycles. The molecular formula is C33H32N2O5. The fourth-order valence-electron chi connectivity index (χ4n) is 4.79. The summed E-state index contributed by atoms with van der Waals surface area (Å²) in [4.78, 5) is 24.8. The molecule has 0 saturated carbocycles. The fourth-order valence-corrected chi connectivity index (χ4v) is 4.79. The third kappa shape index (κ3) is 5.98. The molecular weight excluding hydrogens is 504 g/mol. The molecule has 4 aromatic rings. The summed E-state index contributed by atoms with van der Waals surface area (Å²) >= 11 is 0. The Hall–Kier alpha value is -4.67. The Morgan fingerprint density at radius 1 is 1.07 bits per heavy atom. The van der Waals surface area contributed by atoms with Crippen LogP contribution < -0.4 is 4.74 Å². The van der Waals surface area contributed by atoms with E-state index in [1.54, 1.807) is 44.4 Å². The number of benzene rings is 3. The Morgan fingerprint density at radius 3 is 2.45 bits per heavy atom. The van der Waals surface area contributed by atoms with Crippen molar-refractivity contribution in [2.75, 3.05) is 7.11 Å². The lowest BCUT2D eigenvalue weighted by atomic mass is 10.00. The van der Waals surface area contributed by atoms with E-state index in [1.165, 1.54) is 0 Å². The first-order valence-corrected chi connectivity index (χ1v) is 13.1. The van der Waals surface area contributed by atoms with Crippen LogP contribution in [0.1, 0.15) is 57.2 Å². The maximum Gasteiger partial charge on any atom is 0.332 e. The minimum Gasteiger partial charge on any atom is -0.497 e. The van der Waals surface area contributed by atoms with Crippen LogP contribution in [0.4, 0.5) is 0 Å². The maximum atomic E-state index is 13.6. The molecule has 4 rings (SSSR count). The van der Waals surface area contributed by atoms with Crippen molar-refractivity contribution >= 4 is 28.7 Å². The Kier molecular flexibility index (Phi) is 8.83. The second kappa shape index (κ2) is 12.5. The van der Waals surface area contributed by atoms with Crippen LogP contribution in [0.5, 0.6) is 5.75 Å². The lowest BCUT2D eigenvalue weighted by molar-refractivity contribution is -0.151. The van der Waals surface area contributed by atoms with Gasteiger partial charge in [0.25, 0.3) is 0 Å². The van der Waals surface area contributed by atoms with Gasteiger partial charge in [0.2, 0.25) is 0 Å². The number of aryl methyl sites for hydroxylation is 1. The number of hydrogen-bond acceptors (Lipinski definition) is 5. The van der Waals surface area contributed by atoms with Gasteiger partial charge in [0.15, 0.2) is 11.9 Å². The monoisotopic (exact) mass is 536 g/mol. The molecule has 1 heterocycles. The second-order valence-corrected chi connectivity index (χ2v) is 9.61. The summed E-state index contributed by atoms with van der Waals surface area (Å²) < 4.78 is 12.8. The van der Waals surface area contributed by atoms with Crippen LogP contribution in [0.25, 0.3) is 17.0 Å². The highest BCUT2D eigenvalue weighted by molar-refractivity contribution is 6.17. The van der Waals surface area contributed by atoms with E-state index in [9.17, 15) is 20.0 Å². The summed E-state index contributed by atoms with van der Waals surface area (Å²) in [6.07, 6.45) is 3.62. The number of aromatic nitrogens is 1. The molecule has 0 aliphatic rings.